The van der Waals surface area contributed by atoms with Crippen LogP contribution in [0.2, 0.25) is 5.15 Å². The number of ether oxygens (including phenoxy) is 2. The van der Waals surface area contributed by atoms with Gasteiger partial charge in [0.25, 0.3) is 0 Å². The zero-order valence-corrected chi connectivity index (χ0v) is 19.7. The van der Waals surface area contributed by atoms with E-state index in [1.807, 2.05) is 32.2 Å². The number of fused-ring (bicyclic) bond motifs is 3. The number of aldehydes is 1. The van der Waals surface area contributed by atoms with Crippen LogP contribution < -0.4 is 0 Å². The van der Waals surface area contributed by atoms with E-state index in [2.05, 4.69) is 47.6 Å². The maximum Gasteiger partial charge on any atom is 0.166 e. The Labute approximate surface area is 197 Å². The van der Waals surface area contributed by atoms with Gasteiger partial charge in [-0.1, -0.05) is 23.7 Å². The number of benzene rings is 1. The van der Waals surface area contributed by atoms with Crippen LogP contribution in [0.15, 0.2) is 41.3 Å². The summed E-state index contributed by atoms with van der Waals surface area (Å²) < 4.78 is 15.8. The molecule has 0 amide bonds. The van der Waals surface area contributed by atoms with E-state index in [1.54, 1.807) is 0 Å². The molecule has 0 unspecified atom stereocenters. The van der Waals surface area contributed by atoms with Crippen LogP contribution in [0.4, 0.5) is 0 Å². The first-order valence-corrected chi connectivity index (χ1v) is 11.6. The predicted molar refractivity (Wildman–Crippen MR) is 124 cm³/mol. The third-order valence-electron chi connectivity index (χ3n) is 6.53. The molecule has 2 fully saturated rings. The average molecular weight is 516 g/mol. The van der Waals surface area contributed by atoms with Crippen LogP contribution in [-0.2, 0) is 9.47 Å². The van der Waals surface area contributed by atoms with Gasteiger partial charge in [-0.3, -0.25) is 4.79 Å². The highest BCUT2D eigenvalue weighted by Gasteiger charge is 2.55. The molecule has 164 valence electrons. The lowest BCUT2D eigenvalue weighted by Gasteiger charge is -2.24. The fourth-order valence-corrected chi connectivity index (χ4v) is 6.20. The SMILES string of the molecule is CC1(C)O[C@@H]2[C@H](O1)[C@@H](c1ccc3cc(C=O)[nH]c3c1)C[C@H]2n1cc(Br)c2c(Cl)ncnc21. The van der Waals surface area contributed by atoms with Crippen molar-refractivity contribution in [3.63, 3.8) is 0 Å². The average Bonchev–Trinajstić information content (AvgIpc) is 3.47. The number of halogens is 2. The van der Waals surface area contributed by atoms with E-state index in [0.29, 0.717) is 10.8 Å². The largest absolute Gasteiger partial charge is 0.352 e. The van der Waals surface area contributed by atoms with E-state index < -0.39 is 5.79 Å². The van der Waals surface area contributed by atoms with E-state index in [4.69, 9.17) is 21.1 Å². The Kier molecular flexibility index (Phi) is 4.53. The molecule has 4 atom stereocenters. The monoisotopic (exact) mass is 514 g/mol. The van der Waals surface area contributed by atoms with Crippen molar-refractivity contribution in [2.75, 3.05) is 0 Å². The van der Waals surface area contributed by atoms with E-state index in [0.717, 1.165) is 44.7 Å². The Morgan fingerprint density at radius 3 is 2.88 bits per heavy atom. The summed E-state index contributed by atoms with van der Waals surface area (Å²) in [6.07, 6.45) is 4.89. The number of rotatable bonds is 3. The van der Waals surface area contributed by atoms with Crippen LogP contribution in [0.3, 0.4) is 0 Å². The number of carbonyl (C=O) groups is 1. The molecular formula is C23H20BrClN4O3. The molecule has 4 aromatic rings. The molecule has 7 nitrogen and oxygen atoms in total. The maximum absolute atomic E-state index is 11.2. The van der Waals surface area contributed by atoms with E-state index in [-0.39, 0.29) is 24.2 Å². The van der Waals surface area contributed by atoms with Gasteiger partial charge >= 0.3 is 0 Å². The summed E-state index contributed by atoms with van der Waals surface area (Å²) in [7, 11) is 0. The number of hydrogen-bond acceptors (Lipinski definition) is 5. The van der Waals surface area contributed by atoms with Gasteiger partial charge in [-0.25, -0.2) is 9.97 Å². The third-order valence-corrected chi connectivity index (χ3v) is 7.42. The van der Waals surface area contributed by atoms with Gasteiger partial charge in [-0.15, -0.1) is 0 Å². The number of aromatic amines is 1. The zero-order chi connectivity index (χ0) is 22.2. The molecule has 32 heavy (non-hydrogen) atoms. The molecule has 0 radical (unpaired) electrons. The van der Waals surface area contributed by atoms with Gasteiger partial charge in [0, 0.05) is 27.5 Å². The molecule has 1 saturated heterocycles. The second-order valence-corrected chi connectivity index (χ2v) is 10.1. The Morgan fingerprint density at radius 1 is 1.25 bits per heavy atom. The van der Waals surface area contributed by atoms with Gasteiger partial charge in [-0.05, 0) is 53.9 Å². The smallest absolute Gasteiger partial charge is 0.166 e. The molecule has 0 bridgehead atoms. The van der Waals surface area contributed by atoms with Crippen LogP contribution in [0, 0.1) is 0 Å². The van der Waals surface area contributed by atoms with E-state index in [1.165, 1.54) is 6.33 Å². The topological polar surface area (TPSA) is 82.0 Å². The first-order chi connectivity index (χ1) is 15.3. The fraction of sp³-hybridized carbons (Fsp3) is 0.348. The van der Waals surface area contributed by atoms with Crippen molar-refractivity contribution in [2.24, 2.45) is 0 Å². The lowest BCUT2D eigenvalue weighted by molar-refractivity contribution is -0.157. The van der Waals surface area contributed by atoms with Crippen molar-refractivity contribution in [1.29, 1.82) is 0 Å². The van der Waals surface area contributed by atoms with Gasteiger partial charge in [0.05, 0.1) is 23.2 Å². The van der Waals surface area contributed by atoms with Gasteiger partial charge < -0.3 is 19.0 Å². The molecule has 1 N–H and O–H groups in total. The number of nitrogens with zero attached hydrogens (tertiary/aromatic N) is 3. The standard InChI is InChI=1S/C23H20BrClN4O3/c1-23(2)31-19-14(11-3-4-12-5-13(9-30)28-16(12)6-11)7-17(20(19)32-23)29-8-15(24)18-21(25)26-10-27-22(18)29/h3-6,8-10,14,17,19-20,28H,7H2,1-2H3/t14-,17-,19-,20+/m1/s1. The van der Waals surface area contributed by atoms with E-state index >= 15 is 0 Å². The summed E-state index contributed by atoms with van der Waals surface area (Å²) in [6, 6.07) is 8.15. The molecule has 1 aromatic carbocycles. The van der Waals surface area contributed by atoms with Crippen LogP contribution in [0.5, 0.6) is 0 Å². The summed E-state index contributed by atoms with van der Waals surface area (Å²) in [5.41, 5.74) is 3.43. The highest BCUT2D eigenvalue weighted by molar-refractivity contribution is 9.10. The van der Waals surface area contributed by atoms with Crippen molar-refractivity contribution < 1.29 is 14.3 Å². The van der Waals surface area contributed by atoms with Crippen LogP contribution >= 0.6 is 27.5 Å². The van der Waals surface area contributed by atoms with Crippen molar-refractivity contribution in [1.82, 2.24) is 19.5 Å². The van der Waals surface area contributed by atoms with Crippen LogP contribution in [0.1, 0.15) is 48.3 Å². The summed E-state index contributed by atoms with van der Waals surface area (Å²) >= 11 is 9.97. The number of hydrogen-bond donors (Lipinski definition) is 1. The minimum absolute atomic E-state index is 0.0106. The quantitative estimate of drug-likeness (QED) is 0.292. The fourth-order valence-electron chi connectivity index (χ4n) is 5.27. The van der Waals surface area contributed by atoms with Crippen molar-refractivity contribution in [3.05, 3.63) is 57.7 Å². The first-order valence-electron chi connectivity index (χ1n) is 10.4. The Balaban J connectivity index is 1.45. The lowest BCUT2D eigenvalue weighted by Crippen LogP contribution is -2.27. The van der Waals surface area contributed by atoms with Crippen molar-refractivity contribution in [3.8, 4) is 0 Å². The lowest BCUT2D eigenvalue weighted by atomic mass is 9.94. The molecule has 1 saturated carbocycles. The Hall–Kier alpha value is -2.26. The second-order valence-electron chi connectivity index (χ2n) is 8.91. The normalized spacial score (nSPS) is 26.8. The highest BCUT2D eigenvalue weighted by atomic mass is 79.9. The van der Waals surface area contributed by atoms with Crippen molar-refractivity contribution in [2.45, 2.75) is 50.2 Å². The van der Waals surface area contributed by atoms with Gasteiger partial charge in [0.1, 0.15) is 23.2 Å². The van der Waals surface area contributed by atoms with Crippen LogP contribution in [0.25, 0.3) is 21.9 Å². The summed E-state index contributed by atoms with van der Waals surface area (Å²) in [5, 5.41) is 2.22. The minimum Gasteiger partial charge on any atom is -0.352 e. The minimum atomic E-state index is -0.680. The molecule has 6 rings (SSSR count). The zero-order valence-electron chi connectivity index (χ0n) is 17.4. The number of carbonyl (C=O) groups excluding carboxylic acids is 1. The maximum atomic E-state index is 11.2. The molecule has 4 heterocycles. The van der Waals surface area contributed by atoms with Gasteiger partial charge in [0.15, 0.2) is 12.1 Å². The molecule has 1 aliphatic carbocycles. The first kappa shape index (κ1) is 20.4. The molecule has 2 aliphatic rings. The molecule has 0 spiro atoms. The summed E-state index contributed by atoms with van der Waals surface area (Å²) in [5.74, 6) is -0.562. The number of aromatic nitrogens is 4. The Bertz CT molecular complexity index is 1380. The molecular weight excluding hydrogens is 496 g/mol. The van der Waals surface area contributed by atoms with Gasteiger partial charge in [0.2, 0.25) is 0 Å². The molecule has 3 aromatic heterocycles. The Morgan fingerprint density at radius 2 is 2.06 bits per heavy atom. The molecule has 9 heteroatoms. The third kappa shape index (κ3) is 3.04. The van der Waals surface area contributed by atoms with E-state index in [9.17, 15) is 4.79 Å². The summed E-state index contributed by atoms with van der Waals surface area (Å²) in [4.78, 5) is 23.0. The molecule has 1 aliphatic heterocycles. The number of nitrogens with one attached hydrogen (secondary N) is 1. The van der Waals surface area contributed by atoms with Crippen LogP contribution in [-0.4, -0.2) is 43.8 Å². The number of H-pyrrole nitrogens is 1. The van der Waals surface area contributed by atoms with Gasteiger partial charge in [-0.2, -0.15) is 0 Å². The van der Waals surface area contributed by atoms with Crippen molar-refractivity contribution >= 4 is 55.8 Å². The predicted octanol–water partition coefficient (Wildman–Crippen LogP) is 5.39. The highest BCUT2D eigenvalue weighted by Crippen LogP contribution is 2.52. The second kappa shape index (κ2) is 7.12. The summed E-state index contributed by atoms with van der Waals surface area (Å²) in [6.45, 7) is 3.90.